The van der Waals surface area contributed by atoms with E-state index in [1.807, 2.05) is 0 Å². The highest BCUT2D eigenvalue weighted by molar-refractivity contribution is 6.04. The molecule has 0 aromatic rings. The van der Waals surface area contributed by atoms with Crippen molar-refractivity contribution in [1.82, 2.24) is 0 Å². The Kier molecular flexibility index (Phi) is 3.61. The number of carbonyl (C=O) groups is 2. The summed E-state index contributed by atoms with van der Waals surface area (Å²) in [5, 5.41) is 17.3. The highest BCUT2D eigenvalue weighted by Crippen LogP contribution is 2.12. The summed E-state index contributed by atoms with van der Waals surface area (Å²) >= 11 is 0. The molecule has 0 aliphatic carbocycles. The summed E-state index contributed by atoms with van der Waals surface area (Å²) in [5.74, 6) is -2.77. The first-order chi connectivity index (χ1) is 6.13. The van der Waals surface area contributed by atoms with Crippen LogP contribution in [0.25, 0.3) is 0 Å². The van der Waals surface area contributed by atoms with Crippen LogP contribution >= 0.6 is 0 Å². The van der Waals surface area contributed by atoms with Crippen molar-refractivity contribution in [2.24, 2.45) is 5.73 Å². The van der Waals surface area contributed by atoms with Gasteiger partial charge in [0.1, 0.15) is 5.60 Å². The van der Waals surface area contributed by atoms with Crippen LogP contribution in [0.15, 0.2) is 0 Å². The summed E-state index contributed by atoms with van der Waals surface area (Å²) < 4.78 is 4.75. The van der Waals surface area contributed by atoms with Gasteiger partial charge in [0, 0.05) is 0 Å². The second-order valence-corrected chi connectivity index (χ2v) is 3.94. The summed E-state index contributed by atoms with van der Waals surface area (Å²) in [7, 11) is 0. The molecule has 82 valence electrons. The molecular formula is C8H15NO5. The van der Waals surface area contributed by atoms with Gasteiger partial charge in [0.05, 0.1) is 6.61 Å². The van der Waals surface area contributed by atoms with Gasteiger partial charge in [-0.25, -0.2) is 9.59 Å². The first-order valence-corrected chi connectivity index (χ1v) is 4.00. The van der Waals surface area contributed by atoms with Gasteiger partial charge in [-0.2, -0.15) is 0 Å². The second kappa shape index (κ2) is 3.93. The van der Waals surface area contributed by atoms with Crippen molar-refractivity contribution in [3.63, 3.8) is 0 Å². The number of hydrogen-bond donors (Lipinski definition) is 3. The van der Waals surface area contributed by atoms with Crippen LogP contribution in [0.3, 0.4) is 0 Å². The molecule has 0 radical (unpaired) electrons. The maximum absolute atomic E-state index is 11.3. The lowest BCUT2D eigenvalue weighted by atomic mass is 10.0. The number of rotatable bonds is 3. The molecular weight excluding hydrogens is 190 g/mol. The lowest BCUT2D eigenvalue weighted by molar-refractivity contribution is -0.171. The van der Waals surface area contributed by atoms with Crippen LogP contribution in [0.4, 0.5) is 0 Å². The molecule has 0 aromatic carbocycles. The average Bonchev–Trinajstić information content (AvgIpc) is 1.99. The fourth-order valence-corrected chi connectivity index (χ4v) is 0.589. The minimum absolute atomic E-state index is 0.841. The Morgan fingerprint density at radius 3 is 2.00 bits per heavy atom. The molecule has 0 unspecified atom stereocenters. The van der Waals surface area contributed by atoms with Crippen molar-refractivity contribution in [2.75, 3.05) is 6.61 Å². The molecule has 0 saturated heterocycles. The Balaban J connectivity index is 4.73. The van der Waals surface area contributed by atoms with E-state index in [-0.39, 0.29) is 0 Å². The number of carboxylic acids is 1. The molecule has 6 heteroatoms. The van der Waals surface area contributed by atoms with Crippen molar-refractivity contribution in [2.45, 2.75) is 31.9 Å². The minimum atomic E-state index is -2.38. The van der Waals surface area contributed by atoms with Gasteiger partial charge in [0.2, 0.25) is 5.54 Å². The minimum Gasteiger partial charge on any atom is -0.479 e. The van der Waals surface area contributed by atoms with Crippen LogP contribution in [0.2, 0.25) is 0 Å². The number of carbonyl (C=O) groups excluding carboxylic acids is 1. The molecule has 0 aromatic heterocycles. The van der Waals surface area contributed by atoms with Crippen molar-refractivity contribution in [3.8, 4) is 0 Å². The number of nitrogens with two attached hydrogens (primary N) is 1. The van der Waals surface area contributed by atoms with Gasteiger partial charge in [-0.3, -0.25) is 0 Å². The largest absolute Gasteiger partial charge is 0.479 e. The van der Waals surface area contributed by atoms with Crippen LogP contribution in [0, 0.1) is 0 Å². The topological polar surface area (TPSA) is 110 Å². The number of carboxylic acid groups (broad SMARTS) is 1. The standard InChI is InChI=1S/C8H15NO5/c1-7(2,3)14-6(13)8(9,4-10)5(11)12/h10H,4,9H2,1-3H3,(H,11,12)/t8-/m1/s1. The van der Waals surface area contributed by atoms with E-state index in [9.17, 15) is 9.59 Å². The lowest BCUT2D eigenvalue weighted by Gasteiger charge is -2.26. The first kappa shape index (κ1) is 12.9. The maximum atomic E-state index is 11.3. The predicted molar refractivity (Wildman–Crippen MR) is 47.5 cm³/mol. The third-order valence-electron chi connectivity index (χ3n) is 1.39. The van der Waals surface area contributed by atoms with Crippen molar-refractivity contribution >= 4 is 11.9 Å². The predicted octanol–water partition coefficient (Wildman–Crippen LogP) is -0.897. The number of ether oxygens (including phenoxy) is 1. The van der Waals surface area contributed by atoms with Gasteiger partial charge in [-0.15, -0.1) is 0 Å². The van der Waals surface area contributed by atoms with Gasteiger partial charge in [-0.05, 0) is 20.8 Å². The van der Waals surface area contributed by atoms with E-state index < -0.39 is 29.7 Å². The first-order valence-electron chi connectivity index (χ1n) is 4.00. The van der Waals surface area contributed by atoms with Crippen molar-refractivity contribution in [1.29, 1.82) is 0 Å². The zero-order chi connectivity index (χ0) is 11.6. The molecule has 0 spiro atoms. The fraction of sp³-hybridized carbons (Fsp3) is 0.750. The maximum Gasteiger partial charge on any atom is 0.340 e. The molecule has 0 aliphatic heterocycles. The van der Waals surface area contributed by atoms with Crippen LogP contribution in [0.1, 0.15) is 20.8 Å². The zero-order valence-corrected chi connectivity index (χ0v) is 8.40. The van der Waals surface area contributed by atoms with Gasteiger partial charge in [0.15, 0.2) is 0 Å². The monoisotopic (exact) mass is 205 g/mol. The van der Waals surface area contributed by atoms with Crippen molar-refractivity contribution < 1.29 is 24.5 Å². The highest BCUT2D eigenvalue weighted by atomic mass is 16.6. The van der Waals surface area contributed by atoms with E-state index in [2.05, 4.69) is 0 Å². The average molecular weight is 205 g/mol. The molecule has 0 heterocycles. The Bertz CT molecular complexity index is 245. The Morgan fingerprint density at radius 2 is 1.79 bits per heavy atom. The summed E-state index contributed by atoms with van der Waals surface area (Å²) in [6, 6.07) is 0. The van der Waals surface area contributed by atoms with E-state index in [1.165, 1.54) is 0 Å². The van der Waals surface area contributed by atoms with Gasteiger partial charge < -0.3 is 20.7 Å². The number of aliphatic carboxylic acids is 1. The molecule has 1 atom stereocenters. The SMILES string of the molecule is CC(C)(C)OC(=O)[C@@](N)(CO)C(=O)O. The molecule has 14 heavy (non-hydrogen) atoms. The highest BCUT2D eigenvalue weighted by Gasteiger charge is 2.45. The van der Waals surface area contributed by atoms with Gasteiger partial charge >= 0.3 is 11.9 Å². The van der Waals surface area contributed by atoms with E-state index >= 15 is 0 Å². The molecule has 4 N–H and O–H groups in total. The molecule has 0 bridgehead atoms. The van der Waals surface area contributed by atoms with Gasteiger partial charge in [-0.1, -0.05) is 0 Å². The number of esters is 1. The zero-order valence-electron chi connectivity index (χ0n) is 8.40. The smallest absolute Gasteiger partial charge is 0.340 e. The number of aliphatic hydroxyl groups is 1. The molecule has 0 saturated carbocycles. The van der Waals surface area contributed by atoms with E-state index in [0.717, 1.165) is 0 Å². The number of hydrogen-bond acceptors (Lipinski definition) is 5. The summed E-state index contributed by atoms with van der Waals surface area (Å²) in [6.45, 7) is 3.72. The molecule has 0 aliphatic rings. The van der Waals surface area contributed by atoms with Crippen LogP contribution in [-0.2, 0) is 14.3 Å². The van der Waals surface area contributed by atoms with Crippen molar-refractivity contribution in [3.05, 3.63) is 0 Å². The van der Waals surface area contributed by atoms with Crippen LogP contribution < -0.4 is 5.73 Å². The third-order valence-corrected chi connectivity index (χ3v) is 1.39. The summed E-state index contributed by atoms with van der Waals surface area (Å²) in [6.07, 6.45) is 0. The van der Waals surface area contributed by atoms with E-state index in [4.69, 9.17) is 20.7 Å². The van der Waals surface area contributed by atoms with Crippen LogP contribution in [0.5, 0.6) is 0 Å². The van der Waals surface area contributed by atoms with E-state index in [0.29, 0.717) is 0 Å². The molecule has 0 fully saturated rings. The Morgan fingerprint density at radius 1 is 1.36 bits per heavy atom. The normalized spacial score (nSPS) is 15.8. The third kappa shape index (κ3) is 2.97. The molecule has 0 rings (SSSR count). The number of aliphatic hydroxyl groups excluding tert-OH is 1. The summed E-state index contributed by atoms with van der Waals surface area (Å²) in [4.78, 5) is 21.9. The van der Waals surface area contributed by atoms with E-state index in [1.54, 1.807) is 20.8 Å². The Hall–Kier alpha value is -1.14. The Labute approximate surface area is 81.7 Å². The molecule has 0 amide bonds. The van der Waals surface area contributed by atoms with Crippen LogP contribution in [-0.4, -0.2) is 39.9 Å². The fourth-order valence-electron chi connectivity index (χ4n) is 0.589. The molecule has 6 nitrogen and oxygen atoms in total. The summed E-state index contributed by atoms with van der Waals surface area (Å²) in [5.41, 5.74) is 1.94. The van der Waals surface area contributed by atoms with Gasteiger partial charge in [0.25, 0.3) is 0 Å². The lowest BCUT2D eigenvalue weighted by Crippen LogP contribution is -2.59. The second-order valence-electron chi connectivity index (χ2n) is 3.94. The quantitative estimate of drug-likeness (QED) is 0.407.